The summed E-state index contributed by atoms with van der Waals surface area (Å²) in [6.45, 7) is 0. The fourth-order valence-corrected chi connectivity index (χ4v) is 2.69. The van der Waals surface area contributed by atoms with Crippen LogP contribution in [0.1, 0.15) is 9.67 Å². The van der Waals surface area contributed by atoms with Crippen molar-refractivity contribution in [1.29, 1.82) is 0 Å². The highest BCUT2D eigenvalue weighted by molar-refractivity contribution is 9.11. The van der Waals surface area contributed by atoms with Crippen LogP contribution in [0.3, 0.4) is 0 Å². The molecule has 0 aliphatic rings. The molecule has 0 fully saturated rings. The second kappa shape index (κ2) is 5.78. The van der Waals surface area contributed by atoms with Crippen molar-refractivity contribution in [3.05, 3.63) is 33.2 Å². The molecule has 2 N–H and O–H groups in total. The van der Waals surface area contributed by atoms with Crippen LogP contribution < -0.4 is 15.6 Å². The van der Waals surface area contributed by atoms with E-state index in [0.717, 1.165) is 3.79 Å². The highest BCUT2D eigenvalue weighted by Crippen LogP contribution is 2.34. The lowest BCUT2D eigenvalue weighted by atomic mass is 10.4. The number of hydrazine groups is 1. The van der Waals surface area contributed by atoms with Crippen LogP contribution in [0.4, 0.5) is 5.95 Å². The second-order valence-electron chi connectivity index (χ2n) is 3.10. The van der Waals surface area contributed by atoms with Crippen molar-refractivity contribution in [3.63, 3.8) is 0 Å². The Balaban J connectivity index is 1.99. The number of thiophene rings is 1. The minimum absolute atomic E-state index is 0.281. The number of nitrogens with zero attached hydrogens (tertiary/aromatic N) is 2. The number of methoxy groups -OCH3 is 1. The van der Waals surface area contributed by atoms with Crippen molar-refractivity contribution in [2.45, 2.75) is 0 Å². The minimum Gasteiger partial charge on any atom is -0.495 e. The van der Waals surface area contributed by atoms with Gasteiger partial charge >= 0.3 is 0 Å². The van der Waals surface area contributed by atoms with E-state index < -0.39 is 0 Å². The van der Waals surface area contributed by atoms with Gasteiger partial charge in [-0.15, -0.1) is 11.3 Å². The number of rotatable bonds is 4. The van der Waals surface area contributed by atoms with Crippen molar-refractivity contribution in [3.8, 4) is 5.75 Å². The van der Waals surface area contributed by atoms with Gasteiger partial charge in [0.25, 0.3) is 5.91 Å². The third-order valence-electron chi connectivity index (χ3n) is 1.95. The highest BCUT2D eigenvalue weighted by atomic mass is 79.9. The van der Waals surface area contributed by atoms with Crippen molar-refractivity contribution in [1.82, 2.24) is 15.4 Å². The number of nitrogens with one attached hydrogen (secondary N) is 2. The predicted octanol–water partition coefficient (Wildman–Crippen LogP) is 2.07. The zero-order valence-corrected chi connectivity index (χ0v) is 11.7. The minimum atomic E-state index is -0.281. The summed E-state index contributed by atoms with van der Waals surface area (Å²) in [6, 6.07) is 3.34. The Hall–Kier alpha value is -1.67. The van der Waals surface area contributed by atoms with Gasteiger partial charge in [-0.2, -0.15) is 0 Å². The molecule has 0 bridgehead atoms. The van der Waals surface area contributed by atoms with E-state index in [1.165, 1.54) is 11.3 Å². The van der Waals surface area contributed by atoms with Gasteiger partial charge in [-0.25, -0.2) is 9.97 Å². The van der Waals surface area contributed by atoms with Crippen LogP contribution in [-0.4, -0.2) is 23.0 Å². The Labute approximate surface area is 116 Å². The fourth-order valence-electron chi connectivity index (χ4n) is 1.14. The molecule has 0 unspecified atom stereocenters. The molecule has 0 aromatic carbocycles. The number of anilines is 1. The van der Waals surface area contributed by atoms with Gasteiger partial charge in [0.1, 0.15) is 9.54 Å². The van der Waals surface area contributed by atoms with Gasteiger partial charge in [-0.3, -0.25) is 15.6 Å². The molecule has 0 saturated heterocycles. The first-order valence-electron chi connectivity index (χ1n) is 4.87. The summed E-state index contributed by atoms with van der Waals surface area (Å²) < 4.78 is 5.85. The highest BCUT2D eigenvalue weighted by Gasteiger charge is 2.13. The van der Waals surface area contributed by atoms with E-state index in [-0.39, 0.29) is 5.91 Å². The van der Waals surface area contributed by atoms with E-state index in [4.69, 9.17) is 4.74 Å². The maximum Gasteiger partial charge on any atom is 0.279 e. The predicted molar refractivity (Wildman–Crippen MR) is 71.7 cm³/mol. The Morgan fingerprint density at radius 2 is 2.17 bits per heavy atom. The zero-order valence-electron chi connectivity index (χ0n) is 9.31. The van der Waals surface area contributed by atoms with Gasteiger partial charge in [0.05, 0.1) is 12.0 Å². The average Bonchev–Trinajstić information content (AvgIpc) is 2.78. The van der Waals surface area contributed by atoms with Gasteiger partial charge in [-0.1, -0.05) is 0 Å². The molecule has 2 heterocycles. The summed E-state index contributed by atoms with van der Waals surface area (Å²) in [5, 5.41) is 0. The SMILES string of the molecule is COc1cc(C(=O)NNc2ncccn2)sc1Br. The third-order valence-corrected chi connectivity index (χ3v) is 3.73. The summed E-state index contributed by atoms with van der Waals surface area (Å²) in [5.41, 5.74) is 5.12. The van der Waals surface area contributed by atoms with Crippen LogP contribution in [0.5, 0.6) is 5.75 Å². The number of carbonyl (C=O) groups excluding carboxylic acids is 1. The summed E-state index contributed by atoms with van der Waals surface area (Å²) >= 11 is 4.59. The molecule has 2 aromatic heterocycles. The molecule has 0 spiro atoms. The second-order valence-corrected chi connectivity index (χ2v) is 5.47. The molecular weight excluding hydrogens is 320 g/mol. The van der Waals surface area contributed by atoms with Gasteiger partial charge < -0.3 is 4.74 Å². The van der Waals surface area contributed by atoms with Crippen molar-refractivity contribution < 1.29 is 9.53 Å². The van der Waals surface area contributed by atoms with E-state index in [9.17, 15) is 4.79 Å². The molecule has 0 radical (unpaired) electrons. The number of halogens is 1. The van der Waals surface area contributed by atoms with Crippen molar-refractivity contribution in [2.24, 2.45) is 0 Å². The largest absolute Gasteiger partial charge is 0.495 e. The number of carbonyl (C=O) groups is 1. The first-order valence-corrected chi connectivity index (χ1v) is 6.48. The van der Waals surface area contributed by atoms with E-state index in [1.54, 1.807) is 31.6 Å². The lowest BCUT2D eigenvalue weighted by Crippen LogP contribution is -2.29. The van der Waals surface area contributed by atoms with Gasteiger partial charge in [0.15, 0.2) is 0 Å². The quantitative estimate of drug-likeness (QED) is 0.840. The molecular formula is C10H9BrN4O2S. The van der Waals surface area contributed by atoms with Crippen LogP contribution in [0.2, 0.25) is 0 Å². The normalized spacial score (nSPS) is 9.89. The van der Waals surface area contributed by atoms with Crippen molar-refractivity contribution >= 4 is 39.1 Å². The zero-order chi connectivity index (χ0) is 13.0. The first-order chi connectivity index (χ1) is 8.70. The molecule has 2 rings (SSSR count). The molecule has 6 nitrogen and oxygen atoms in total. The molecule has 0 aliphatic heterocycles. The van der Waals surface area contributed by atoms with E-state index in [1.807, 2.05) is 0 Å². The standard InChI is InChI=1S/C10H9BrN4O2S/c1-17-6-5-7(18-8(6)11)9(16)14-15-10-12-3-2-4-13-10/h2-5H,1H3,(H,14,16)(H,12,13,15). The Morgan fingerprint density at radius 1 is 1.44 bits per heavy atom. The topological polar surface area (TPSA) is 76.1 Å². The van der Waals surface area contributed by atoms with Gasteiger partial charge in [-0.05, 0) is 22.0 Å². The van der Waals surface area contributed by atoms with Gasteiger partial charge in [0.2, 0.25) is 5.95 Å². The Kier molecular flexibility index (Phi) is 4.11. The molecule has 8 heteroatoms. The van der Waals surface area contributed by atoms with Crippen LogP contribution in [-0.2, 0) is 0 Å². The first kappa shape index (κ1) is 12.8. The lowest BCUT2D eigenvalue weighted by Gasteiger charge is -2.04. The maximum absolute atomic E-state index is 11.8. The molecule has 94 valence electrons. The van der Waals surface area contributed by atoms with E-state index in [2.05, 4.69) is 36.7 Å². The number of ether oxygens (including phenoxy) is 1. The smallest absolute Gasteiger partial charge is 0.279 e. The number of hydrogen-bond acceptors (Lipinski definition) is 6. The Bertz CT molecular complexity index is 546. The molecule has 2 aromatic rings. The molecule has 18 heavy (non-hydrogen) atoms. The number of hydrogen-bond donors (Lipinski definition) is 2. The maximum atomic E-state index is 11.8. The summed E-state index contributed by atoms with van der Waals surface area (Å²) in [6.07, 6.45) is 3.15. The average molecular weight is 329 g/mol. The molecule has 0 saturated carbocycles. The Morgan fingerprint density at radius 3 is 2.78 bits per heavy atom. The van der Waals surface area contributed by atoms with E-state index >= 15 is 0 Å². The summed E-state index contributed by atoms with van der Waals surface area (Å²) in [4.78, 5) is 20.2. The number of aromatic nitrogens is 2. The molecule has 1 amide bonds. The summed E-state index contributed by atoms with van der Waals surface area (Å²) in [7, 11) is 1.55. The van der Waals surface area contributed by atoms with Crippen LogP contribution in [0.15, 0.2) is 28.3 Å². The van der Waals surface area contributed by atoms with Crippen molar-refractivity contribution in [2.75, 3.05) is 12.5 Å². The van der Waals surface area contributed by atoms with Gasteiger partial charge in [0, 0.05) is 18.5 Å². The third kappa shape index (κ3) is 2.96. The monoisotopic (exact) mass is 328 g/mol. The lowest BCUT2D eigenvalue weighted by molar-refractivity contribution is 0.0966. The molecule has 0 aliphatic carbocycles. The summed E-state index contributed by atoms with van der Waals surface area (Å²) in [5.74, 6) is 0.672. The van der Waals surface area contributed by atoms with E-state index in [0.29, 0.717) is 16.6 Å². The number of amides is 1. The fraction of sp³-hybridized carbons (Fsp3) is 0.100. The molecule has 0 atom stereocenters. The van der Waals surface area contributed by atoms with Crippen LogP contribution in [0.25, 0.3) is 0 Å². The van der Waals surface area contributed by atoms with Crippen LogP contribution >= 0.6 is 27.3 Å². The van der Waals surface area contributed by atoms with Crippen LogP contribution in [0, 0.1) is 0 Å².